The molecule has 76 valence electrons. The Balaban J connectivity index is 2.83. The number of nitrogens with one attached hydrogen (secondary N) is 2. The number of rotatable bonds is 2. The van der Waals surface area contributed by atoms with Gasteiger partial charge < -0.3 is 10.1 Å². The summed E-state index contributed by atoms with van der Waals surface area (Å²) in [7, 11) is 1.53. The van der Waals surface area contributed by atoms with Crippen LogP contribution in [0.2, 0.25) is 5.02 Å². The minimum Gasteiger partial charge on any atom is -0.497 e. The molecular formula is C8H10ClN3O2. The molecule has 0 unspecified atom stereocenters. The molecule has 0 heterocycles. The van der Waals surface area contributed by atoms with Crippen molar-refractivity contribution < 1.29 is 9.53 Å². The molecule has 0 aliphatic carbocycles. The fourth-order valence-corrected chi connectivity index (χ4v) is 1.10. The van der Waals surface area contributed by atoms with Crippen molar-refractivity contribution in [2.24, 2.45) is 5.84 Å². The van der Waals surface area contributed by atoms with Crippen LogP contribution in [-0.2, 0) is 0 Å². The fraction of sp³-hybridized carbons (Fsp3) is 0.125. The largest absolute Gasteiger partial charge is 0.497 e. The summed E-state index contributed by atoms with van der Waals surface area (Å²) in [6, 6.07) is 4.36. The summed E-state index contributed by atoms with van der Waals surface area (Å²) in [6.07, 6.45) is 0. The van der Waals surface area contributed by atoms with E-state index in [1.807, 2.05) is 5.43 Å². The van der Waals surface area contributed by atoms with E-state index in [2.05, 4.69) is 5.32 Å². The van der Waals surface area contributed by atoms with Crippen LogP contribution in [0.25, 0.3) is 0 Å². The van der Waals surface area contributed by atoms with Crippen LogP contribution in [0.4, 0.5) is 10.5 Å². The average molecular weight is 216 g/mol. The molecule has 1 aromatic carbocycles. The van der Waals surface area contributed by atoms with Gasteiger partial charge in [0, 0.05) is 6.07 Å². The number of nitrogens with two attached hydrogens (primary N) is 1. The highest BCUT2D eigenvalue weighted by atomic mass is 35.5. The van der Waals surface area contributed by atoms with Crippen LogP contribution < -0.4 is 21.3 Å². The predicted molar refractivity (Wildman–Crippen MR) is 54.3 cm³/mol. The Morgan fingerprint density at radius 3 is 2.79 bits per heavy atom. The van der Waals surface area contributed by atoms with Crippen LogP contribution in [0.5, 0.6) is 5.75 Å². The van der Waals surface area contributed by atoms with Gasteiger partial charge in [-0.05, 0) is 12.1 Å². The number of carbonyl (C=O) groups excluding carboxylic acids is 1. The molecule has 1 rings (SSSR count). The van der Waals surface area contributed by atoms with Crippen molar-refractivity contribution in [1.82, 2.24) is 5.43 Å². The predicted octanol–water partition coefficient (Wildman–Crippen LogP) is 1.34. The Hall–Kier alpha value is -1.46. The van der Waals surface area contributed by atoms with Crippen LogP contribution in [0.1, 0.15) is 0 Å². The van der Waals surface area contributed by atoms with Crippen molar-refractivity contribution in [3.8, 4) is 5.75 Å². The molecule has 2 amide bonds. The third-order valence-electron chi connectivity index (χ3n) is 1.56. The molecule has 4 N–H and O–H groups in total. The highest BCUT2D eigenvalue weighted by Gasteiger charge is 2.04. The summed E-state index contributed by atoms with van der Waals surface area (Å²) >= 11 is 5.85. The lowest BCUT2D eigenvalue weighted by atomic mass is 10.3. The SMILES string of the molecule is COc1ccc(NC(=O)NN)c(Cl)c1. The van der Waals surface area contributed by atoms with E-state index in [0.717, 1.165) is 0 Å². The molecule has 0 fully saturated rings. The number of carbonyl (C=O) groups is 1. The highest BCUT2D eigenvalue weighted by molar-refractivity contribution is 6.33. The Morgan fingerprint density at radius 1 is 1.57 bits per heavy atom. The van der Waals surface area contributed by atoms with Gasteiger partial charge in [-0.15, -0.1) is 0 Å². The van der Waals surface area contributed by atoms with Gasteiger partial charge in [0.1, 0.15) is 5.75 Å². The first kappa shape index (κ1) is 10.6. The number of amides is 2. The number of halogens is 1. The summed E-state index contributed by atoms with van der Waals surface area (Å²) in [5, 5.41) is 2.83. The minimum absolute atomic E-state index is 0.382. The molecule has 14 heavy (non-hydrogen) atoms. The van der Waals surface area contributed by atoms with Gasteiger partial charge >= 0.3 is 6.03 Å². The highest BCUT2D eigenvalue weighted by Crippen LogP contribution is 2.26. The lowest BCUT2D eigenvalue weighted by molar-refractivity contribution is 0.252. The molecule has 0 atom stereocenters. The van der Waals surface area contributed by atoms with Gasteiger partial charge in [-0.3, -0.25) is 5.43 Å². The van der Waals surface area contributed by atoms with Gasteiger partial charge in [-0.25, -0.2) is 10.6 Å². The Bertz CT molecular complexity index is 343. The van der Waals surface area contributed by atoms with Crippen LogP contribution in [0, 0.1) is 0 Å². The lowest BCUT2D eigenvalue weighted by Crippen LogP contribution is -2.34. The molecule has 0 bridgehead atoms. The standard InChI is InChI=1S/C8H10ClN3O2/c1-14-5-2-3-7(6(9)4-5)11-8(13)12-10/h2-4H,10H2,1H3,(H2,11,12,13). The van der Waals surface area contributed by atoms with E-state index < -0.39 is 6.03 Å². The zero-order valence-electron chi connectivity index (χ0n) is 7.50. The van der Waals surface area contributed by atoms with Crippen LogP contribution in [0.15, 0.2) is 18.2 Å². The first-order valence-electron chi connectivity index (χ1n) is 3.78. The number of hydrogen-bond donors (Lipinski definition) is 3. The Morgan fingerprint density at radius 2 is 2.29 bits per heavy atom. The number of hydrogen-bond acceptors (Lipinski definition) is 3. The number of methoxy groups -OCH3 is 1. The number of benzene rings is 1. The first-order chi connectivity index (χ1) is 6.67. The molecule has 0 saturated heterocycles. The molecule has 0 spiro atoms. The number of anilines is 1. The number of urea groups is 1. The summed E-state index contributed by atoms with van der Waals surface area (Å²) in [6.45, 7) is 0. The van der Waals surface area contributed by atoms with Crippen molar-refractivity contribution in [2.75, 3.05) is 12.4 Å². The van der Waals surface area contributed by atoms with E-state index in [1.54, 1.807) is 18.2 Å². The number of hydrazine groups is 1. The van der Waals surface area contributed by atoms with E-state index in [0.29, 0.717) is 16.5 Å². The normalized spacial score (nSPS) is 9.36. The van der Waals surface area contributed by atoms with Gasteiger partial charge in [-0.2, -0.15) is 0 Å². The van der Waals surface area contributed by atoms with E-state index >= 15 is 0 Å². The molecule has 0 radical (unpaired) electrons. The smallest absolute Gasteiger partial charge is 0.333 e. The molecule has 0 aliphatic heterocycles. The molecule has 0 aromatic heterocycles. The van der Waals surface area contributed by atoms with Crippen molar-refractivity contribution >= 4 is 23.3 Å². The maximum absolute atomic E-state index is 10.9. The zero-order chi connectivity index (χ0) is 10.6. The topological polar surface area (TPSA) is 76.4 Å². The average Bonchev–Trinajstić information content (AvgIpc) is 2.20. The minimum atomic E-state index is -0.530. The van der Waals surface area contributed by atoms with Gasteiger partial charge in [0.2, 0.25) is 0 Å². The molecule has 6 heteroatoms. The zero-order valence-corrected chi connectivity index (χ0v) is 8.26. The molecule has 1 aromatic rings. The molecule has 0 saturated carbocycles. The third kappa shape index (κ3) is 2.51. The third-order valence-corrected chi connectivity index (χ3v) is 1.87. The maximum Gasteiger partial charge on any atom is 0.333 e. The second-order valence-corrected chi connectivity index (χ2v) is 2.85. The van der Waals surface area contributed by atoms with E-state index in [-0.39, 0.29) is 0 Å². The van der Waals surface area contributed by atoms with Crippen molar-refractivity contribution in [2.45, 2.75) is 0 Å². The summed E-state index contributed by atoms with van der Waals surface area (Å²) in [5.74, 6) is 5.52. The molecule has 0 aliphatic rings. The number of ether oxygens (including phenoxy) is 1. The maximum atomic E-state index is 10.9. The Kier molecular flexibility index (Phi) is 3.55. The lowest BCUT2D eigenvalue weighted by Gasteiger charge is -2.07. The molecule has 5 nitrogen and oxygen atoms in total. The quantitative estimate of drug-likeness (QED) is 0.396. The van der Waals surface area contributed by atoms with Crippen molar-refractivity contribution in [1.29, 1.82) is 0 Å². The summed E-state index contributed by atoms with van der Waals surface area (Å²) < 4.78 is 4.94. The van der Waals surface area contributed by atoms with Crippen LogP contribution >= 0.6 is 11.6 Å². The Labute approximate surface area is 86.1 Å². The summed E-state index contributed by atoms with van der Waals surface area (Å²) in [5.41, 5.74) is 2.40. The van der Waals surface area contributed by atoms with Gasteiger partial charge in [0.25, 0.3) is 0 Å². The molecular weight excluding hydrogens is 206 g/mol. The fourth-order valence-electron chi connectivity index (χ4n) is 0.883. The summed E-state index contributed by atoms with van der Waals surface area (Å²) in [4.78, 5) is 10.9. The van der Waals surface area contributed by atoms with E-state index in [4.69, 9.17) is 22.2 Å². The van der Waals surface area contributed by atoms with Crippen molar-refractivity contribution in [3.05, 3.63) is 23.2 Å². The monoisotopic (exact) mass is 215 g/mol. The van der Waals surface area contributed by atoms with Crippen LogP contribution in [-0.4, -0.2) is 13.1 Å². The van der Waals surface area contributed by atoms with Gasteiger partial charge in [0.05, 0.1) is 17.8 Å². The van der Waals surface area contributed by atoms with Gasteiger partial charge in [0.15, 0.2) is 0 Å². The van der Waals surface area contributed by atoms with Crippen LogP contribution in [0.3, 0.4) is 0 Å². The van der Waals surface area contributed by atoms with Crippen molar-refractivity contribution in [3.63, 3.8) is 0 Å². The van der Waals surface area contributed by atoms with Gasteiger partial charge in [-0.1, -0.05) is 11.6 Å². The van der Waals surface area contributed by atoms with E-state index in [9.17, 15) is 4.79 Å². The second kappa shape index (κ2) is 4.69. The van der Waals surface area contributed by atoms with E-state index in [1.165, 1.54) is 7.11 Å². The first-order valence-corrected chi connectivity index (χ1v) is 4.16. The second-order valence-electron chi connectivity index (χ2n) is 2.44.